The molecule has 1 aromatic carbocycles. The van der Waals surface area contributed by atoms with E-state index in [0.717, 1.165) is 33.6 Å². The summed E-state index contributed by atoms with van der Waals surface area (Å²) in [5, 5.41) is 13.1. The zero-order valence-corrected chi connectivity index (χ0v) is 25.1. The van der Waals surface area contributed by atoms with E-state index in [9.17, 15) is 5.11 Å². The van der Waals surface area contributed by atoms with Crippen LogP contribution in [0.1, 0.15) is 98.6 Å². The second-order valence-corrected chi connectivity index (χ2v) is 9.06. The number of rotatable bonds is 8. The summed E-state index contributed by atoms with van der Waals surface area (Å²) in [6.07, 6.45) is 13.1. The van der Waals surface area contributed by atoms with Crippen molar-refractivity contribution in [3.63, 3.8) is 0 Å². The highest BCUT2D eigenvalue weighted by molar-refractivity contribution is 5.96. The van der Waals surface area contributed by atoms with E-state index in [-0.39, 0.29) is 11.7 Å². The molecule has 1 saturated carbocycles. The number of aliphatic hydroxyl groups is 1. The van der Waals surface area contributed by atoms with Crippen molar-refractivity contribution in [2.24, 2.45) is 22.1 Å². The molecule has 1 unspecified atom stereocenters. The first kappa shape index (κ1) is 34.0. The molecule has 1 fully saturated rings. The molecule has 5 heteroatoms. The molecule has 0 spiro atoms. The summed E-state index contributed by atoms with van der Waals surface area (Å²) in [6, 6.07) is 5.98. The molecule has 1 aliphatic heterocycles. The lowest BCUT2D eigenvalue weighted by molar-refractivity contribution is 0.121. The molecule has 0 bridgehead atoms. The molecule has 1 atom stereocenters. The smallest absolute Gasteiger partial charge is 0.200 e. The van der Waals surface area contributed by atoms with Crippen LogP contribution in [0.15, 0.2) is 66.0 Å². The molecule has 4 N–H and O–H groups in total. The van der Waals surface area contributed by atoms with Crippen LogP contribution < -0.4 is 11.1 Å². The van der Waals surface area contributed by atoms with Crippen LogP contribution in [-0.4, -0.2) is 23.0 Å². The van der Waals surface area contributed by atoms with Crippen LogP contribution in [0.4, 0.5) is 5.69 Å². The molecule has 0 aromatic heterocycles. The minimum Gasteiger partial charge on any atom is -0.512 e. The summed E-state index contributed by atoms with van der Waals surface area (Å²) in [6.45, 7) is 24.8. The van der Waals surface area contributed by atoms with Gasteiger partial charge in [0.2, 0.25) is 5.96 Å². The number of hydrogen-bond donors (Lipinski definition) is 3. The van der Waals surface area contributed by atoms with Crippen molar-refractivity contribution in [3.05, 3.63) is 72.2 Å². The molecule has 1 aromatic rings. The Morgan fingerprint density at radius 2 is 1.81 bits per heavy atom. The van der Waals surface area contributed by atoms with Crippen molar-refractivity contribution in [2.75, 3.05) is 7.05 Å². The Labute approximate surface area is 228 Å². The number of aliphatic hydroxyl groups excluding tert-OH is 1. The second kappa shape index (κ2) is 17.5. The monoisotopic (exact) mass is 510 g/mol. The maximum Gasteiger partial charge on any atom is 0.200 e. The van der Waals surface area contributed by atoms with Gasteiger partial charge in [-0.05, 0) is 43.7 Å². The lowest BCUT2D eigenvalue weighted by Gasteiger charge is -2.40. The van der Waals surface area contributed by atoms with E-state index in [0.29, 0.717) is 12.5 Å². The Bertz CT molecular complexity index is 925. The van der Waals surface area contributed by atoms with E-state index in [1.807, 2.05) is 85.0 Å². The van der Waals surface area contributed by atoms with Gasteiger partial charge in [-0.15, -0.1) is 0 Å². The summed E-state index contributed by atoms with van der Waals surface area (Å²) in [4.78, 5) is 6.29. The van der Waals surface area contributed by atoms with E-state index in [1.54, 1.807) is 4.90 Å². The van der Waals surface area contributed by atoms with Crippen molar-refractivity contribution in [1.29, 1.82) is 0 Å². The van der Waals surface area contributed by atoms with Crippen molar-refractivity contribution in [3.8, 4) is 0 Å². The van der Waals surface area contributed by atoms with E-state index in [1.165, 1.54) is 32.1 Å². The van der Waals surface area contributed by atoms with Gasteiger partial charge in [0.15, 0.2) is 0 Å². The lowest BCUT2D eigenvalue weighted by Crippen LogP contribution is -2.34. The summed E-state index contributed by atoms with van der Waals surface area (Å²) < 4.78 is 0. The standard InChI is InChI=1S/C20H26N4O.C8H16.2C2H6/c1-6-7-11-18(13(2)15(4)25)22-12-16-9-8-10-17-14(3)24(5)20(21)23-19(16)17;1-3-8(4-2)6-5-7-8;2*1-2/h6-11,13,22,25H,3-4,12H2,1-2,5H3,(H2,21,23);3-7H2,1-2H3;2*1-2H3/b7-6-,18-11+;;;. The first-order chi connectivity index (χ1) is 17.7. The summed E-state index contributed by atoms with van der Waals surface area (Å²) >= 11 is 0. The van der Waals surface area contributed by atoms with Crippen molar-refractivity contribution in [2.45, 2.75) is 94.0 Å². The molecular weight excluding hydrogens is 456 g/mol. The van der Waals surface area contributed by atoms with Crippen LogP contribution in [0, 0.1) is 11.3 Å². The van der Waals surface area contributed by atoms with Crippen LogP contribution >= 0.6 is 0 Å². The fourth-order valence-electron chi connectivity index (χ4n) is 4.17. The molecule has 5 nitrogen and oxygen atoms in total. The number of benzene rings is 1. The third-order valence-corrected chi connectivity index (χ3v) is 7.24. The van der Waals surface area contributed by atoms with E-state index >= 15 is 0 Å². The Balaban J connectivity index is 0.000000900. The molecule has 37 heavy (non-hydrogen) atoms. The average molecular weight is 511 g/mol. The molecule has 0 radical (unpaired) electrons. The summed E-state index contributed by atoms with van der Waals surface area (Å²) in [5.41, 5.74) is 11.3. The number of nitrogens with one attached hydrogen (secondary N) is 1. The highest BCUT2D eigenvalue weighted by atomic mass is 16.3. The van der Waals surface area contributed by atoms with Gasteiger partial charge >= 0.3 is 0 Å². The molecule has 0 amide bonds. The number of aliphatic imine (C=N–C) groups is 1. The number of fused-ring (bicyclic) bond motifs is 1. The van der Waals surface area contributed by atoms with Gasteiger partial charge < -0.3 is 21.1 Å². The van der Waals surface area contributed by atoms with Crippen LogP contribution in [0.5, 0.6) is 0 Å². The van der Waals surface area contributed by atoms with Gasteiger partial charge in [-0.3, -0.25) is 0 Å². The van der Waals surface area contributed by atoms with Crippen molar-refractivity contribution in [1.82, 2.24) is 10.2 Å². The van der Waals surface area contributed by atoms with Crippen LogP contribution in [0.3, 0.4) is 0 Å². The van der Waals surface area contributed by atoms with Gasteiger partial charge in [0.1, 0.15) is 0 Å². The average Bonchev–Trinajstić information content (AvgIpc) is 2.90. The van der Waals surface area contributed by atoms with Crippen LogP contribution in [-0.2, 0) is 6.54 Å². The highest BCUT2D eigenvalue weighted by Crippen LogP contribution is 2.46. The molecule has 1 aliphatic carbocycles. The molecule has 2 aliphatic rings. The molecule has 1 heterocycles. The van der Waals surface area contributed by atoms with Crippen LogP contribution in [0.25, 0.3) is 5.70 Å². The summed E-state index contributed by atoms with van der Waals surface area (Å²) in [5.74, 6) is 0.354. The Morgan fingerprint density at radius 1 is 1.22 bits per heavy atom. The predicted octanol–water partition coefficient (Wildman–Crippen LogP) is 8.84. The molecule has 208 valence electrons. The van der Waals surface area contributed by atoms with Gasteiger partial charge in [0.05, 0.1) is 17.4 Å². The zero-order chi connectivity index (χ0) is 28.6. The number of nitrogens with zero attached hydrogens (tertiary/aromatic N) is 2. The maximum atomic E-state index is 9.72. The fraction of sp³-hybridized carbons (Fsp3) is 0.531. The summed E-state index contributed by atoms with van der Waals surface area (Å²) in [7, 11) is 1.85. The minimum atomic E-state index is -0.189. The largest absolute Gasteiger partial charge is 0.512 e. The third-order valence-electron chi connectivity index (χ3n) is 7.24. The quantitative estimate of drug-likeness (QED) is 0.241. The van der Waals surface area contributed by atoms with Gasteiger partial charge in [0, 0.05) is 30.5 Å². The van der Waals surface area contributed by atoms with E-state index in [4.69, 9.17) is 5.73 Å². The Kier molecular flexibility index (Phi) is 16.1. The second-order valence-electron chi connectivity index (χ2n) is 9.06. The van der Waals surface area contributed by atoms with Crippen LogP contribution in [0.2, 0.25) is 0 Å². The van der Waals surface area contributed by atoms with Crippen molar-refractivity contribution < 1.29 is 5.11 Å². The predicted molar refractivity (Wildman–Crippen MR) is 165 cm³/mol. The van der Waals surface area contributed by atoms with Gasteiger partial charge in [-0.25, -0.2) is 4.99 Å². The SMILES string of the molecule is C=C(O)C(C)/C(=C\C=C/C)NCc1cccc2c1N=C(N)N(C)C2=C.CC.CC.CCC1(CC)CCC1. The zero-order valence-electron chi connectivity index (χ0n) is 25.1. The van der Waals surface area contributed by atoms with Gasteiger partial charge in [-0.1, -0.05) is 104 Å². The fourth-order valence-corrected chi connectivity index (χ4v) is 4.17. The lowest BCUT2D eigenvalue weighted by atomic mass is 9.65. The topological polar surface area (TPSA) is 73.9 Å². The Morgan fingerprint density at radius 3 is 2.24 bits per heavy atom. The van der Waals surface area contributed by atoms with E-state index < -0.39 is 0 Å². The van der Waals surface area contributed by atoms with Crippen molar-refractivity contribution >= 4 is 17.3 Å². The molecule has 3 rings (SSSR count). The number of allylic oxidation sites excluding steroid dienone is 3. The Hall–Kier alpha value is -2.95. The van der Waals surface area contributed by atoms with Gasteiger partial charge in [-0.2, -0.15) is 0 Å². The molecule has 0 saturated heterocycles. The number of nitrogens with two attached hydrogens (primary N) is 1. The number of para-hydroxylation sites is 1. The van der Waals surface area contributed by atoms with E-state index in [2.05, 4.69) is 37.3 Å². The number of hydrogen-bond acceptors (Lipinski definition) is 5. The van der Waals surface area contributed by atoms with Gasteiger partial charge in [0.25, 0.3) is 0 Å². The third kappa shape index (κ3) is 9.46. The first-order valence-corrected chi connectivity index (χ1v) is 14.0. The molecular formula is C32H54N4O. The highest BCUT2D eigenvalue weighted by Gasteiger charge is 2.32. The normalized spacial score (nSPS) is 16.4. The maximum absolute atomic E-state index is 9.72. The first-order valence-electron chi connectivity index (χ1n) is 14.0. The minimum absolute atomic E-state index is 0.121. The number of guanidine groups is 1.